The van der Waals surface area contributed by atoms with Gasteiger partial charge < -0.3 is 10.6 Å². The first-order chi connectivity index (χ1) is 8.56. The lowest BCUT2D eigenvalue weighted by molar-refractivity contribution is -0.131. The second-order valence-corrected chi connectivity index (χ2v) is 6.05. The number of carbonyl (C=O) groups is 1. The number of thiophene rings is 1. The molecule has 102 valence electrons. The number of amides is 1. The van der Waals surface area contributed by atoms with E-state index in [4.69, 9.17) is 5.73 Å². The lowest BCUT2D eigenvalue weighted by Gasteiger charge is -2.24. The van der Waals surface area contributed by atoms with Crippen LogP contribution < -0.4 is 5.73 Å². The molecule has 2 N–H and O–H groups in total. The van der Waals surface area contributed by atoms with Crippen LogP contribution in [0.1, 0.15) is 48.4 Å². The average Bonchev–Trinajstić information content (AvgIpc) is 2.79. The first-order valence-electron chi connectivity index (χ1n) is 6.58. The van der Waals surface area contributed by atoms with E-state index < -0.39 is 0 Å². The fourth-order valence-electron chi connectivity index (χ4n) is 1.86. The van der Waals surface area contributed by atoms with Gasteiger partial charge in [-0.15, -0.1) is 11.3 Å². The van der Waals surface area contributed by atoms with Crippen molar-refractivity contribution in [2.45, 2.75) is 45.6 Å². The zero-order valence-electron chi connectivity index (χ0n) is 11.6. The molecule has 1 aromatic rings. The van der Waals surface area contributed by atoms with Crippen LogP contribution in [-0.4, -0.2) is 24.4 Å². The fourth-order valence-corrected chi connectivity index (χ4v) is 2.83. The van der Waals surface area contributed by atoms with Gasteiger partial charge in [-0.3, -0.25) is 4.79 Å². The summed E-state index contributed by atoms with van der Waals surface area (Å²) in [6, 6.07) is 4.39. The van der Waals surface area contributed by atoms with Crippen LogP contribution >= 0.6 is 11.3 Å². The average molecular weight is 268 g/mol. The Morgan fingerprint density at radius 2 is 2.11 bits per heavy atom. The van der Waals surface area contributed by atoms with Crippen molar-refractivity contribution in [3.8, 4) is 0 Å². The number of nitrogens with two attached hydrogens (primary N) is 1. The molecule has 0 aliphatic carbocycles. The maximum Gasteiger partial charge on any atom is 0.222 e. The SMILES string of the molecule is Cc1ccc(C(C)N(C)C(=O)CCCCCN)s1. The topological polar surface area (TPSA) is 46.3 Å². The van der Waals surface area contributed by atoms with Gasteiger partial charge in [-0.25, -0.2) is 0 Å². The van der Waals surface area contributed by atoms with Crippen LogP contribution in [0.3, 0.4) is 0 Å². The Morgan fingerprint density at radius 3 is 2.67 bits per heavy atom. The van der Waals surface area contributed by atoms with E-state index in [0.29, 0.717) is 6.42 Å². The molecule has 0 fully saturated rings. The summed E-state index contributed by atoms with van der Waals surface area (Å²) in [7, 11) is 1.89. The number of nitrogens with zero attached hydrogens (tertiary/aromatic N) is 1. The van der Waals surface area contributed by atoms with Gasteiger partial charge in [0, 0.05) is 23.2 Å². The van der Waals surface area contributed by atoms with Gasteiger partial charge in [-0.1, -0.05) is 6.42 Å². The van der Waals surface area contributed by atoms with Gasteiger partial charge in [0.1, 0.15) is 0 Å². The Kier molecular flexibility index (Phi) is 6.36. The minimum Gasteiger partial charge on any atom is -0.338 e. The molecule has 0 aliphatic rings. The van der Waals surface area contributed by atoms with Crippen molar-refractivity contribution >= 4 is 17.2 Å². The Hall–Kier alpha value is -0.870. The molecule has 3 nitrogen and oxygen atoms in total. The standard InChI is InChI=1S/C14H24N2OS/c1-11-8-9-13(18-11)12(2)16(3)14(17)7-5-4-6-10-15/h8-9,12H,4-7,10,15H2,1-3H3. The fraction of sp³-hybridized carbons (Fsp3) is 0.643. The molecule has 1 atom stereocenters. The van der Waals surface area contributed by atoms with E-state index in [9.17, 15) is 4.79 Å². The van der Waals surface area contributed by atoms with E-state index in [1.165, 1.54) is 9.75 Å². The molecule has 0 spiro atoms. The zero-order valence-corrected chi connectivity index (χ0v) is 12.4. The molecular formula is C14H24N2OS. The van der Waals surface area contributed by atoms with Gasteiger partial charge in [0.25, 0.3) is 0 Å². The largest absolute Gasteiger partial charge is 0.338 e. The van der Waals surface area contributed by atoms with Gasteiger partial charge in [0.15, 0.2) is 0 Å². The van der Waals surface area contributed by atoms with Crippen molar-refractivity contribution in [1.29, 1.82) is 0 Å². The second kappa shape index (κ2) is 7.54. The van der Waals surface area contributed by atoms with Crippen LogP contribution in [0.2, 0.25) is 0 Å². The minimum atomic E-state index is 0.172. The highest BCUT2D eigenvalue weighted by molar-refractivity contribution is 7.12. The molecule has 1 amide bonds. The zero-order chi connectivity index (χ0) is 13.5. The van der Waals surface area contributed by atoms with Crippen LogP contribution in [0.4, 0.5) is 0 Å². The molecule has 0 aromatic carbocycles. The third kappa shape index (κ3) is 4.42. The molecule has 0 saturated carbocycles. The summed E-state index contributed by atoms with van der Waals surface area (Å²) < 4.78 is 0. The third-order valence-electron chi connectivity index (χ3n) is 3.24. The highest BCUT2D eigenvalue weighted by Gasteiger charge is 2.17. The normalized spacial score (nSPS) is 12.4. The van der Waals surface area contributed by atoms with Crippen LogP contribution in [0.5, 0.6) is 0 Å². The Labute approximate surface area is 114 Å². The number of hydrogen-bond acceptors (Lipinski definition) is 3. The van der Waals surface area contributed by atoms with Gasteiger partial charge in [0.2, 0.25) is 5.91 Å². The maximum atomic E-state index is 12.0. The maximum absolute atomic E-state index is 12.0. The third-order valence-corrected chi connectivity index (χ3v) is 4.41. The number of hydrogen-bond donors (Lipinski definition) is 1. The van der Waals surface area contributed by atoms with Crippen LogP contribution in [-0.2, 0) is 4.79 Å². The van der Waals surface area contributed by atoms with Crippen LogP contribution in [0.15, 0.2) is 12.1 Å². The van der Waals surface area contributed by atoms with Crippen molar-refractivity contribution in [1.82, 2.24) is 4.90 Å². The lowest BCUT2D eigenvalue weighted by Crippen LogP contribution is -2.28. The summed E-state index contributed by atoms with van der Waals surface area (Å²) in [5.74, 6) is 0.227. The van der Waals surface area contributed by atoms with Crippen molar-refractivity contribution in [3.05, 3.63) is 21.9 Å². The summed E-state index contributed by atoms with van der Waals surface area (Å²) in [6.07, 6.45) is 3.63. The van der Waals surface area contributed by atoms with E-state index in [0.717, 1.165) is 25.8 Å². The first kappa shape index (κ1) is 15.2. The van der Waals surface area contributed by atoms with Crippen LogP contribution in [0.25, 0.3) is 0 Å². The highest BCUT2D eigenvalue weighted by atomic mass is 32.1. The summed E-state index contributed by atoms with van der Waals surface area (Å²) in [4.78, 5) is 16.4. The van der Waals surface area contributed by atoms with E-state index in [1.807, 2.05) is 11.9 Å². The molecule has 0 aliphatic heterocycles. The van der Waals surface area contributed by atoms with Gasteiger partial charge in [-0.05, 0) is 45.4 Å². The molecule has 18 heavy (non-hydrogen) atoms. The predicted molar refractivity (Wildman–Crippen MR) is 77.8 cm³/mol. The van der Waals surface area contributed by atoms with Crippen molar-refractivity contribution in [3.63, 3.8) is 0 Å². The number of unbranched alkanes of at least 4 members (excludes halogenated alkanes) is 2. The second-order valence-electron chi connectivity index (χ2n) is 4.73. The molecule has 1 unspecified atom stereocenters. The van der Waals surface area contributed by atoms with Gasteiger partial charge in [0.05, 0.1) is 6.04 Å². The smallest absolute Gasteiger partial charge is 0.222 e. The number of rotatable bonds is 7. The minimum absolute atomic E-state index is 0.172. The van der Waals surface area contributed by atoms with E-state index in [2.05, 4.69) is 26.0 Å². The highest BCUT2D eigenvalue weighted by Crippen LogP contribution is 2.26. The van der Waals surface area contributed by atoms with Gasteiger partial charge in [-0.2, -0.15) is 0 Å². The molecule has 4 heteroatoms. The Morgan fingerprint density at radius 1 is 1.39 bits per heavy atom. The van der Waals surface area contributed by atoms with Crippen molar-refractivity contribution < 1.29 is 4.79 Å². The summed E-state index contributed by atoms with van der Waals surface area (Å²) in [6.45, 7) is 4.90. The number of carbonyl (C=O) groups excluding carboxylic acids is 1. The number of aryl methyl sites for hydroxylation is 1. The Balaban J connectivity index is 2.43. The van der Waals surface area contributed by atoms with Crippen molar-refractivity contribution in [2.75, 3.05) is 13.6 Å². The van der Waals surface area contributed by atoms with Crippen molar-refractivity contribution in [2.24, 2.45) is 5.73 Å². The quantitative estimate of drug-likeness (QED) is 0.772. The summed E-state index contributed by atoms with van der Waals surface area (Å²) >= 11 is 1.76. The Bertz CT molecular complexity index is 376. The molecule has 1 aromatic heterocycles. The van der Waals surface area contributed by atoms with Gasteiger partial charge >= 0.3 is 0 Å². The summed E-state index contributed by atoms with van der Waals surface area (Å²) in [5.41, 5.74) is 5.44. The lowest BCUT2D eigenvalue weighted by atomic mass is 10.1. The van der Waals surface area contributed by atoms with E-state index in [-0.39, 0.29) is 11.9 Å². The monoisotopic (exact) mass is 268 g/mol. The molecular weight excluding hydrogens is 244 g/mol. The molecule has 0 saturated heterocycles. The molecule has 0 bridgehead atoms. The summed E-state index contributed by atoms with van der Waals surface area (Å²) in [5, 5.41) is 0. The van der Waals surface area contributed by atoms with E-state index >= 15 is 0 Å². The van der Waals surface area contributed by atoms with Crippen LogP contribution in [0, 0.1) is 6.92 Å². The molecule has 1 rings (SSSR count). The first-order valence-corrected chi connectivity index (χ1v) is 7.40. The molecule has 0 radical (unpaired) electrons. The molecule has 1 heterocycles. The predicted octanol–water partition coefficient (Wildman–Crippen LogP) is 3.10. The van der Waals surface area contributed by atoms with E-state index in [1.54, 1.807) is 11.3 Å².